The Bertz CT molecular complexity index is 728. The second-order valence-corrected chi connectivity index (χ2v) is 7.05. The highest BCUT2D eigenvalue weighted by atomic mass is 32.2. The number of aryl methyl sites for hydroxylation is 1. The van der Waals surface area contributed by atoms with E-state index in [9.17, 15) is 0 Å². The van der Waals surface area contributed by atoms with Gasteiger partial charge in [-0.15, -0.1) is 10.2 Å². The summed E-state index contributed by atoms with van der Waals surface area (Å²) < 4.78 is 6.28. The quantitative estimate of drug-likeness (QED) is 0.491. The molecule has 2 aromatic heterocycles. The zero-order chi connectivity index (χ0) is 15.9. The molecule has 3 rings (SSSR count). The molecule has 0 atom stereocenters. The fraction of sp³-hybridized carbons (Fsp3) is 0.333. The average molecular weight is 347 g/mol. The van der Waals surface area contributed by atoms with Crippen molar-refractivity contribution < 1.29 is 4.52 Å². The van der Waals surface area contributed by atoms with Crippen molar-refractivity contribution in [3.63, 3.8) is 0 Å². The number of benzene rings is 1. The summed E-state index contributed by atoms with van der Waals surface area (Å²) in [6, 6.07) is 9.85. The average Bonchev–Trinajstić information content (AvgIpc) is 3.22. The van der Waals surface area contributed by atoms with Gasteiger partial charge < -0.3 is 9.84 Å². The summed E-state index contributed by atoms with van der Waals surface area (Å²) in [5.41, 5.74) is 0.974. The maximum Gasteiger partial charge on any atom is 0.226 e. The van der Waals surface area contributed by atoms with E-state index in [1.165, 1.54) is 0 Å². The molecule has 23 heavy (non-hydrogen) atoms. The van der Waals surface area contributed by atoms with Gasteiger partial charge in [0.1, 0.15) is 0 Å². The molecular formula is C15H17N5OS2. The predicted octanol–water partition coefficient (Wildman–Crippen LogP) is 3.74. The van der Waals surface area contributed by atoms with Crippen LogP contribution in [0.1, 0.15) is 19.2 Å². The van der Waals surface area contributed by atoms with Crippen LogP contribution in [0.4, 0.5) is 5.13 Å². The first kappa shape index (κ1) is 15.9. The minimum atomic E-state index is 0.646. The number of hydrogen-bond acceptors (Lipinski definition) is 8. The highest BCUT2D eigenvalue weighted by Crippen LogP contribution is 2.26. The molecule has 0 amide bonds. The highest BCUT2D eigenvalue weighted by molar-refractivity contribution is 8.01. The molecule has 0 saturated heterocycles. The molecule has 2 heterocycles. The van der Waals surface area contributed by atoms with E-state index in [4.69, 9.17) is 4.52 Å². The van der Waals surface area contributed by atoms with Crippen LogP contribution in [0.15, 0.2) is 39.2 Å². The van der Waals surface area contributed by atoms with Crippen LogP contribution in [0.5, 0.6) is 0 Å². The van der Waals surface area contributed by atoms with Crippen molar-refractivity contribution in [2.75, 3.05) is 17.6 Å². The Balaban J connectivity index is 1.45. The van der Waals surface area contributed by atoms with Crippen molar-refractivity contribution in [3.05, 3.63) is 36.2 Å². The molecule has 0 aliphatic rings. The van der Waals surface area contributed by atoms with Crippen molar-refractivity contribution in [3.8, 4) is 11.4 Å². The second kappa shape index (κ2) is 8.07. The van der Waals surface area contributed by atoms with Gasteiger partial charge in [-0.1, -0.05) is 58.6 Å². The summed E-state index contributed by atoms with van der Waals surface area (Å²) in [5, 5.41) is 16.3. The summed E-state index contributed by atoms with van der Waals surface area (Å²) >= 11 is 3.29. The summed E-state index contributed by atoms with van der Waals surface area (Å²) in [6.45, 7) is 2.91. The maximum absolute atomic E-state index is 5.30. The number of thioether (sulfide) groups is 1. The van der Waals surface area contributed by atoms with Gasteiger partial charge in [-0.2, -0.15) is 4.98 Å². The SMILES string of the molecule is CCNc1nnc(SCCCc2nc(-c3ccccc3)no2)s1. The molecule has 0 aliphatic carbocycles. The number of nitrogens with one attached hydrogen (secondary N) is 1. The lowest BCUT2D eigenvalue weighted by atomic mass is 10.2. The fourth-order valence-electron chi connectivity index (χ4n) is 1.93. The van der Waals surface area contributed by atoms with Gasteiger partial charge in [0.2, 0.25) is 16.8 Å². The van der Waals surface area contributed by atoms with Crippen molar-refractivity contribution >= 4 is 28.2 Å². The van der Waals surface area contributed by atoms with E-state index in [1.807, 2.05) is 37.3 Å². The molecule has 0 saturated carbocycles. The van der Waals surface area contributed by atoms with Crippen LogP contribution in [0, 0.1) is 0 Å². The lowest BCUT2D eigenvalue weighted by Gasteiger charge is -1.95. The topological polar surface area (TPSA) is 76.7 Å². The van der Waals surface area contributed by atoms with E-state index in [1.54, 1.807) is 23.1 Å². The molecule has 0 unspecified atom stereocenters. The summed E-state index contributed by atoms with van der Waals surface area (Å²) in [6.07, 6.45) is 1.73. The van der Waals surface area contributed by atoms with E-state index < -0.39 is 0 Å². The number of aromatic nitrogens is 4. The van der Waals surface area contributed by atoms with Crippen LogP contribution in [0.2, 0.25) is 0 Å². The molecular weight excluding hydrogens is 330 g/mol. The Morgan fingerprint density at radius 1 is 1.22 bits per heavy atom. The summed E-state index contributed by atoms with van der Waals surface area (Å²) in [7, 11) is 0. The van der Waals surface area contributed by atoms with Crippen LogP contribution < -0.4 is 5.32 Å². The van der Waals surface area contributed by atoms with Gasteiger partial charge in [-0.3, -0.25) is 0 Å². The maximum atomic E-state index is 5.30. The van der Waals surface area contributed by atoms with Gasteiger partial charge in [-0.25, -0.2) is 0 Å². The molecule has 1 N–H and O–H groups in total. The molecule has 6 nitrogen and oxygen atoms in total. The van der Waals surface area contributed by atoms with Crippen molar-refractivity contribution in [2.24, 2.45) is 0 Å². The molecule has 8 heteroatoms. The van der Waals surface area contributed by atoms with Crippen molar-refractivity contribution in [1.29, 1.82) is 0 Å². The first-order valence-electron chi connectivity index (χ1n) is 7.43. The molecule has 1 aromatic carbocycles. The second-order valence-electron chi connectivity index (χ2n) is 4.73. The van der Waals surface area contributed by atoms with Crippen LogP contribution >= 0.6 is 23.1 Å². The Morgan fingerprint density at radius 3 is 2.91 bits per heavy atom. The van der Waals surface area contributed by atoms with Crippen LogP contribution in [-0.2, 0) is 6.42 Å². The first-order chi connectivity index (χ1) is 11.3. The predicted molar refractivity (Wildman–Crippen MR) is 92.9 cm³/mol. The highest BCUT2D eigenvalue weighted by Gasteiger charge is 2.08. The molecule has 3 aromatic rings. The van der Waals surface area contributed by atoms with E-state index in [0.717, 1.165) is 40.2 Å². The van der Waals surface area contributed by atoms with E-state index >= 15 is 0 Å². The van der Waals surface area contributed by atoms with Crippen LogP contribution in [-0.4, -0.2) is 32.6 Å². The lowest BCUT2D eigenvalue weighted by Crippen LogP contribution is -1.94. The van der Waals surface area contributed by atoms with Gasteiger partial charge >= 0.3 is 0 Å². The zero-order valence-electron chi connectivity index (χ0n) is 12.7. The van der Waals surface area contributed by atoms with Gasteiger partial charge in [0.25, 0.3) is 0 Å². The number of hydrogen-bond donors (Lipinski definition) is 1. The van der Waals surface area contributed by atoms with Crippen molar-refractivity contribution in [1.82, 2.24) is 20.3 Å². The van der Waals surface area contributed by atoms with Gasteiger partial charge in [0.05, 0.1) is 0 Å². The molecule has 0 radical (unpaired) electrons. The number of rotatable bonds is 8. The van der Waals surface area contributed by atoms with E-state index in [2.05, 4.69) is 25.7 Å². The zero-order valence-corrected chi connectivity index (χ0v) is 14.4. The van der Waals surface area contributed by atoms with Crippen LogP contribution in [0.3, 0.4) is 0 Å². The fourth-order valence-corrected chi connectivity index (χ4v) is 3.76. The van der Waals surface area contributed by atoms with Gasteiger partial charge in [-0.05, 0) is 13.3 Å². The number of nitrogens with zero attached hydrogens (tertiary/aromatic N) is 4. The molecule has 0 spiro atoms. The van der Waals surface area contributed by atoms with E-state index in [-0.39, 0.29) is 0 Å². The monoisotopic (exact) mass is 347 g/mol. The van der Waals surface area contributed by atoms with E-state index in [0.29, 0.717) is 11.7 Å². The summed E-state index contributed by atoms with van der Waals surface area (Å²) in [5.74, 6) is 2.27. The Morgan fingerprint density at radius 2 is 2.09 bits per heavy atom. The van der Waals surface area contributed by atoms with Crippen molar-refractivity contribution in [2.45, 2.75) is 24.1 Å². The molecule has 0 bridgehead atoms. The largest absolute Gasteiger partial charge is 0.360 e. The van der Waals surface area contributed by atoms with Gasteiger partial charge in [0, 0.05) is 24.3 Å². The Labute approximate surface area is 142 Å². The molecule has 0 aliphatic heterocycles. The third kappa shape index (κ3) is 4.52. The first-order valence-corrected chi connectivity index (χ1v) is 9.23. The molecule has 120 valence electrons. The smallest absolute Gasteiger partial charge is 0.226 e. The number of anilines is 1. The third-order valence-electron chi connectivity index (χ3n) is 3.00. The molecule has 0 fully saturated rings. The van der Waals surface area contributed by atoms with Gasteiger partial charge in [0.15, 0.2) is 4.34 Å². The summed E-state index contributed by atoms with van der Waals surface area (Å²) in [4.78, 5) is 4.43. The Hall–Kier alpha value is -1.93. The minimum Gasteiger partial charge on any atom is -0.360 e. The standard InChI is InChI=1S/C15H17N5OS2/c1-2-16-14-18-19-15(23-14)22-10-6-9-12-17-13(20-21-12)11-7-4-3-5-8-11/h3-5,7-8H,2,6,9-10H2,1H3,(H,16,18). The normalized spacial score (nSPS) is 10.8. The third-order valence-corrected chi connectivity index (χ3v) is 5.10. The minimum absolute atomic E-state index is 0.646. The Kier molecular flexibility index (Phi) is 5.60. The lowest BCUT2D eigenvalue weighted by molar-refractivity contribution is 0.378. The van der Waals surface area contributed by atoms with Crippen LogP contribution in [0.25, 0.3) is 11.4 Å².